The van der Waals surface area contributed by atoms with E-state index < -0.39 is 12.1 Å². The van der Waals surface area contributed by atoms with Crippen LogP contribution in [0, 0.1) is 6.92 Å². The number of aromatic nitrogens is 1. The Morgan fingerprint density at radius 3 is 2.35 bits per heavy atom. The van der Waals surface area contributed by atoms with E-state index in [1.807, 2.05) is 13.0 Å². The fourth-order valence-corrected chi connectivity index (χ4v) is 1.48. The van der Waals surface area contributed by atoms with E-state index in [1.165, 1.54) is 6.92 Å². The number of aliphatic carboxylic acids is 1. The molecule has 0 radical (unpaired) electrons. The zero-order chi connectivity index (χ0) is 14.5. The van der Waals surface area contributed by atoms with Crippen LogP contribution in [0.3, 0.4) is 0 Å². The number of nitrogens with zero attached hydrogens (tertiary/aromatic N) is 1. The van der Waals surface area contributed by atoms with Crippen LogP contribution in [-0.2, 0) is 4.79 Å². The third-order valence-electron chi connectivity index (χ3n) is 2.59. The second-order valence-corrected chi connectivity index (χ2v) is 4.35. The van der Waals surface area contributed by atoms with Crippen LogP contribution in [-0.4, -0.2) is 22.2 Å². The molecule has 1 aromatic heterocycles. The zero-order valence-electron chi connectivity index (χ0n) is 11.2. The van der Waals surface area contributed by atoms with E-state index in [4.69, 9.17) is 14.6 Å². The Bertz CT molecular complexity index is 578. The number of carboxylic acid groups (broad SMARTS) is 1. The van der Waals surface area contributed by atoms with Gasteiger partial charge in [0.2, 0.25) is 5.88 Å². The molecule has 1 aromatic carbocycles. The number of rotatable bonds is 5. The van der Waals surface area contributed by atoms with Crippen LogP contribution in [0.1, 0.15) is 12.5 Å². The SMILES string of the molecule is Cc1ccc(Oc2ccc(OC(C)C(=O)O)cc2)nc1. The summed E-state index contributed by atoms with van der Waals surface area (Å²) in [5, 5.41) is 8.76. The molecule has 1 atom stereocenters. The van der Waals surface area contributed by atoms with Crippen LogP contribution >= 0.6 is 0 Å². The molecular formula is C15H15NO4. The Morgan fingerprint density at radius 2 is 1.80 bits per heavy atom. The fraction of sp³-hybridized carbons (Fsp3) is 0.200. The number of hydrogen-bond acceptors (Lipinski definition) is 4. The van der Waals surface area contributed by atoms with Gasteiger partial charge in [-0.05, 0) is 43.7 Å². The Balaban J connectivity index is 2.01. The average molecular weight is 273 g/mol. The summed E-state index contributed by atoms with van der Waals surface area (Å²) >= 11 is 0. The van der Waals surface area contributed by atoms with E-state index in [0.29, 0.717) is 17.4 Å². The molecule has 1 N–H and O–H groups in total. The molecular weight excluding hydrogens is 258 g/mol. The molecule has 0 bridgehead atoms. The topological polar surface area (TPSA) is 68.7 Å². The highest BCUT2D eigenvalue weighted by atomic mass is 16.5. The van der Waals surface area contributed by atoms with Gasteiger partial charge in [0.1, 0.15) is 11.5 Å². The first-order valence-corrected chi connectivity index (χ1v) is 6.14. The molecule has 1 heterocycles. The normalized spacial score (nSPS) is 11.7. The number of carboxylic acids is 1. The summed E-state index contributed by atoms with van der Waals surface area (Å²) in [7, 11) is 0. The van der Waals surface area contributed by atoms with Gasteiger partial charge in [0.15, 0.2) is 6.10 Å². The smallest absolute Gasteiger partial charge is 0.344 e. The number of pyridine rings is 1. The molecule has 104 valence electrons. The lowest BCUT2D eigenvalue weighted by Crippen LogP contribution is -2.22. The summed E-state index contributed by atoms with van der Waals surface area (Å²) < 4.78 is 10.8. The van der Waals surface area contributed by atoms with Gasteiger partial charge in [-0.25, -0.2) is 9.78 Å². The zero-order valence-corrected chi connectivity index (χ0v) is 11.2. The van der Waals surface area contributed by atoms with Crippen molar-refractivity contribution in [1.29, 1.82) is 0 Å². The molecule has 0 saturated heterocycles. The summed E-state index contributed by atoms with van der Waals surface area (Å²) in [6.45, 7) is 3.43. The first-order chi connectivity index (χ1) is 9.54. The van der Waals surface area contributed by atoms with Crippen molar-refractivity contribution in [2.24, 2.45) is 0 Å². The minimum absolute atomic E-state index is 0.476. The number of benzene rings is 1. The van der Waals surface area contributed by atoms with E-state index in [-0.39, 0.29) is 0 Å². The third kappa shape index (κ3) is 3.71. The Kier molecular flexibility index (Phi) is 4.20. The third-order valence-corrected chi connectivity index (χ3v) is 2.59. The maximum atomic E-state index is 10.7. The largest absolute Gasteiger partial charge is 0.479 e. The van der Waals surface area contributed by atoms with Crippen molar-refractivity contribution < 1.29 is 19.4 Å². The van der Waals surface area contributed by atoms with E-state index in [9.17, 15) is 4.79 Å². The van der Waals surface area contributed by atoms with Gasteiger partial charge in [0.25, 0.3) is 0 Å². The Hall–Kier alpha value is -2.56. The Morgan fingerprint density at radius 1 is 1.15 bits per heavy atom. The first kappa shape index (κ1) is 13.9. The molecule has 0 fully saturated rings. The second-order valence-electron chi connectivity index (χ2n) is 4.35. The molecule has 0 aliphatic heterocycles. The fourth-order valence-electron chi connectivity index (χ4n) is 1.48. The van der Waals surface area contributed by atoms with Gasteiger partial charge in [0.05, 0.1) is 0 Å². The van der Waals surface area contributed by atoms with Crippen molar-refractivity contribution in [3.8, 4) is 17.4 Å². The monoisotopic (exact) mass is 273 g/mol. The molecule has 20 heavy (non-hydrogen) atoms. The minimum atomic E-state index is -1.01. The van der Waals surface area contributed by atoms with E-state index in [1.54, 1.807) is 36.5 Å². The van der Waals surface area contributed by atoms with Crippen LogP contribution in [0.25, 0.3) is 0 Å². The van der Waals surface area contributed by atoms with Gasteiger partial charge in [-0.3, -0.25) is 0 Å². The lowest BCUT2D eigenvalue weighted by Gasteiger charge is -2.11. The van der Waals surface area contributed by atoms with Crippen molar-refractivity contribution in [2.45, 2.75) is 20.0 Å². The lowest BCUT2D eigenvalue weighted by atomic mass is 10.3. The van der Waals surface area contributed by atoms with Gasteiger partial charge in [0, 0.05) is 12.3 Å². The van der Waals surface area contributed by atoms with Gasteiger partial charge in [-0.2, -0.15) is 0 Å². The number of ether oxygens (including phenoxy) is 2. The van der Waals surface area contributed by atoms with Crippen LogP contribution in [0.5, 0.6) is 17.4 Å². The molecule has 2 aromatic rings. The molecule has 0 saturated carbocycles. The highest BCUT2D eigenvalue weighted by Crippen LogP contribution is 2.23. The van der Waals surface area contributed by atoms with E-state index >= 15 is 0 Å². The summed E-state index contributed by atoms with van der Waals surface area (Å²) in [5.74, 6) is 0.582. The molecule has 0 spiro atoms. The maximum Gasteiger partial charge on any atom is 0.344 e. The predicted octanol–water partition coefficient (Wildman–Crippen LogP) is 3.03. The molecule has 0 aliphatic rings. The van der Waals surface area contributed by atoms with Crippen molar-refractivity contribution in [3.63, 3.8) is 0 Å². The molecule has 2 rings (SSSR count). The van der Waals surface area contributed by atoms with Gasteiger partial charge in [-0.15, -0.1) is 0 Å². The van der Waals surface area contributed by atoms with Gasteiger partial charge >= 0.3 is 5.97 Å². The van der Waals surface area contributed by atoms with Gasteiger partial charge < -0.3 is 14.6 Å². The number of aryl methyl sites for hydroxylation is 1. The van der Waals surface area contributed by atoms with Crippen molar-refractivity contribution >= 4 is 5.97 Å². The molecule has 0 amide bonds. The Labute approximate surface area is 116 Å². The maximum absolute atomic E-state index is 10.7. The summed E-state index contributed by atoms with van der Waals surface area (Å²) in [4.78, 5) is 14.8. The lowest BCUT2D eigenvalue weighted by molar-refractivity contribution is -0.144. The predicted molar refractivity (Wildman–Crippen MR) is 73.2 cm³/mol. The number of hydrogen-bond donors (Lipinski definition) is 1. The first-order valence-electron chi connectivity index (χ1n) is 6.14. The molecule has 5 nitrogen and oxygen atoms in total. The number of carbonyl (C=O) groups is 1. The van der Waals surface area contributed by atoms with Crippen LogP contribution in [0.15, 0.2) is 42.6 Å². The quantitative estimate of drug-likeness (QED) is 0.906. The second kappa shape index (κ2) is 6.06. The molecule has 5 heteroatoms. The molecule has 0 aliphatic carbocycles. The van der Waals surface area contributed by atoms with Crippen LogP contribution in [0.4, 0.5) is 0 Å². The summed E-state index contributed by atoms with van der Waals surface area (Å²) in [6, 6.07) is 10.4. The van der Waals surface area contributed by atoms with Gasteiger partial charge in [-0.1, -0.05) is 6.07 Å². The highest BCUT2D eigenvalue weighted by molar-refractivity contribution is 5.72. The van der Waals surface area contributed by atoms with Crippen LogP contribution in [0.2, 0.25) is 0 Å². The van der Waals surface area contributed by atoms with E-state index in [2.05, 4.69) is 4.98 Å². The average Bonchev–Trinajstić information content (AvgIpc) is 2.43. The van der Waals surface area contributed by atoms with Crippen molar-refractivity contribution in [2.75, 3.05) is 0 Å². The standard InChI is InChI=1S/C15H15NO4/c1-10-3-8-14(16-9-10)20-13-6-4-12(5-7-13)19-11(2)15(17)18/h3-9,11H,1-2H3,(H,17,18). The summed E-state index contributed by atoms with van der Waals surface area (Å²) in [5.41, 5.74) is 1.06. The molecule has 1 unspecified atom stereocenters. The van der Waals surface area contributed by atoms with E-state index in [0.717, 1.165) is 5.56 Å². The van der Waals surface area contributed by atoms with Crippen molar-refractivity contribution in [1.82, 2.24) is 4.98 Å². The van der Waals surface area contributed by atoms with Crippen LogP contribution < -0.4 is 9.47 Å². The minimum Gasteiger partial charge on any atom is -0.479 e. The summed E-state index contributed by atoms with van der Waals surface area (Å²) in [6.07, 6.45) is 0.835. The van der Waals surface area contributed by atoms with Crippen molar-refractivity contribution in [3.05, 3.63) is 48.2 Å². The highest BCUT2D eigenvalue weighted by Gasteiger charge is 2.12.